The maximum absolute atomic E-state index is 15.0. The predicted molar refractivity (Wildman–Crippen MR) is 177 cm³/mol. The van der Waals surface area contributed by atoms with Crippen LogP contribution >= 0.6 is 11.8 Å². The summed E-state index contributed by atoms with van der Waals surface area (Å²) in [5, 5.41) is 10.8. The summed E-state index contributed by atoms with van der Waals surface area (Å²) in [6.45, 7) is 7.27. The quantitative estimate of drug-likeness (QED) is 0.443. The lowest BCUT2D eigenvalue weighted by molar-refractivity contribution is -0.147. The maximum Gasteiger partial charge on any atom is 0.247 e. The number of aliphatic hydroxyl groups excluding tert-OH is 1. The second-order valence-electron chi connectivity index (χ2n) is 13.1. The van der Waals surface area contributed by atoms with Gasteiger partial charge in [-0.3, -0.25) is 19.3 Å². The lowest BCUT2D eigenvalue weighted by Gasteiger charge is -2.40. The molecule has 3 saturated heterocycles. The minimum Gasteiger partial charge on any atom is -0.394 e. The highest BCUT2D eigenvalue weighted by atomic mass is 32.2. The van der Waals surface area contributed by atoms with Crippen molar-refractivity contribution in [1.29, 1.82) is 0 Å². The number of likely N-dealkylation sites (tertiary alicyclic amines) is 1. The second-order valence-corrected chi connectivity index (χ2v) is 14.9. The molecular formula is C36H42N4O5S. The highest BCUT2D eigenvalue weighted by Crippen LogP contribution is 2.66. The molecule has 2 aromatic rings. The van der Waals surface area contributed by atoms with Crippen molar-refractivity contribution >= 4 is 29.5 Å². The van der Waals surface area contributed by atoms with Crippen molar-refractivity contribution in [2.24, 2.45) is 11.8 Å². The van der Waals surface area contributed by atoms with Gasteiger partial charge < -0.3 is 24.5 Å². The summed E-state index contributed by atoms with van der Waals surface area (Å²) >= 11 is 1.58. The first-order valence-corrected chi connectivity index (χ1v) is 17.1. The van der Waals surface area contributed by atoms with Gasteiger partial charge in [-0.15, -0.1) is 11.8 Å². The molecule has 5 aliphatic rings. The van der Waals surface area contributed by atoms with E-state index >= 15 is 0 Å². The van der Waals surface area contributed by atoms with Gasteiger partial charge >= 0.3 is 0 Å². The van der Waals surface area contributed by atoms with Crippen LogP contribution in [0.2, 0.25) is 0 Å². The molecule has 242 valence electrons. The number of rotatable bonds is 8. The third-order valence-electron chi connectivity index (χ3n) is 10.4. The third kappa shape index (κ3) is 5.29. The molecule has 5 aliphatic heterocycles. The molecule has 0 bridgehead atoms. The summed E-state index contributed by atoms with van der Waals surface area (Å²) in [5.74, 6) is -1.89. The predicted octanol–water partition coefficient (Wildman–Crippen LogP) is 2.74. The van der Waals surface area contributed by atoms with Crippen molar-refractivity contribution in [3.05, 3.63) is 96.1 Å². The van der Waals surface area contributed by atoms with Gasteiger partial charge in [0, 0.05) is 50.6 Å². The van der Waals surface area contributed by atoms with E-state index in [4.69, 9.17) is 4.74 Å². The van der Waals surface area contributed by atoms with Crippen LogP contribution in [0.25, 0.3) is 0 Å². The molecule has 0 aromatic heterocycles. The number of thioether (sulfide) groups is 1. The monoisotopic (exact) mass is 642 g/mol. The van der Waals surface area contributed by atoms with Gasteiger partial charge in [-0.2, -0.15) is 0 Å². The first kappa shape index (κ1) is 31.2. The Bertz CT molecular complexity index is 1510. The lowest BCUT2D eigenvalue weighted by Crippen LogP contribution is -2.55. The normalized spacial score (nSPS) is 31.8. The zero-order valence-electron chi connectivity index (χ0n) is 26.2. The van der Waals surface area contributed by atoms with E-state index in [1.54, 1.807) is 16.7 Å². The Kier molecular flexibility index (Phi) is 8.56. The van der Waals surface area contributed by atoms with Crippen molar-refractivity contribution in [1.82, 2.24) is 19.6 Å². The van der Waals surface area contributed by atoms with Crippen LogP contribution in [0.1, 0.15) is 24.1 Å². The number of fused-ring (bicyclic) bond motifs is 2. The minimum atomic E-state index is -0.973. The smallest absolute Gasteiger partial charge is 0.247 e. The van der Waals surface area contributed by atoms with Crippen molar-refractivity contribution in [3.63, 3.8) is 0 Å². The standard InChI is InChI=1S/C36H42N4O5S/c1-35-14-8-17-39(24-26-10-4-2-5-11-26)32(42)29(35)30-33(43)40(28(25-41)27-12-6-3-7-13-27)31-34(44)38(16-9-15-36(30,31)46-35)19-18-37-20-22-45-23-21-37/h2-15,28-31,41H,16-25H2,1H3/t28-,29-,30+,31?,35+,36+/m1/s1. The molecule has 10 heteroatoms. The van der Waals surface area contributed by atoms with E-state index in [1.165, 1.54) is 0 Å². The molecule has 0 saturated carbocycles. The van der Waals surface area contributed by atoms with Crippen LogP contribution < -0.4 is 0 Å². The fraction of sp³-hybridized carbons (Fsp3) is 0.472. The first-order valence-electron chi connectivity index (χ1n) is 16.3. The largest absolute Gasteiger partial charge is 0.394 e. The van der Waals surface area contributed by atoms with E-state index < -0.39 is 33.4 Å². The number of ether oxygens (including phenoxy) is 1. The Morgan fingerprint density at radius 2 is 1.52 bits per heavy atom. The molecule has 3 amide bonds. The number of benzene rings is 2. The summed E-state index contributed by atoms with van der Waals surface area (Å²) in [7, 11) is 0. The van der Waals surface area contributed by atoms with E-state index in [0.29, 0.717) is 45.9 Å². The van der Waals surface area contributed by atoms with Crippen LogP contribution in [0.4, 0.5) is 0 Å². The van der Waals surface area contributed by atoms with Crippen LogP contribution in [0.3, 0.4) is 0 Å². The van der Waals surface area contributed by atoms with Gasteiger partial charge in [0.2, 0.25) is 17.7 Å². The molecular weight excluding hydrogens is 600 g/mol. The van der Waals surface area contributed by atoms with E-state index in [1.807, 2.05) is 89.5 Å². The molecule has 2 aromatic carbocycles. The number of carbonyl (C=O) groups is 3. The zero-order valence-corrected chi connectivity index (χ0v) is 27.1. The number of amides is 3. The highest BCUT2D eigenvalue weighted by molar-refractivity contribution is 8.02. The molecule has 46 heavy (non-hydrogen) atoms. The van der Waals surface area contributed by atoms with Gasteiger partial charge in [-0.1, -0.05) is 85.0 Å². The Labute approximate surface area is 274 Å². The van der Waals surface area contributed by atoms with E-state index in [-0.39, 0.29) is 24.3 Å². The molecule has 1 N–H and O–H groups in total. The van der Waals surface area contributed by atoms with Crippen molar-refractivity contribution < 1.29 is 24.2 Å². The number of aliphatic hydroxyl groups is 1. The van der Waals surface area contributed by atoms with Gasteiger partial charge in [0.15, 0.2) is 0 Å². The second kappa shape index (κ2) is 12.6. The number of hydrogen-bond donors (Lipinski definition) is 1. The molecule has 0 aliphatic carbocycles. The van der Waals surface area contributed by atoms with Crippen LogP contribution in [0.5, 0.6) is 0 Å². The number of nitrogens with zero attached hydrogens (tertiary/aromatic N) is 4. The van der Waals surface area contributed by atoms with E-state index in [9.17, 15) is 19.5 Å². The summed E-state index contributed by atoms with van der Waals surface area (Å²) in [5.41, 5.74) is 1.79. The molecule has 1 spiro atoms. The van der Waals surface area contributed by atoms with Crippen LogP contribution in [0, 0.1) is 11.8 Å². The lowest BCUT2D eigenvalue weighted by atomic mass is 9.74. The van der Waals surface area contributed by atoms with Gasteiger partial charge in [-0.05, 0) is 18.1 Å². The van der Waals surface area contributed by atoms with Crippen molar-refractivity contribution in [2.45, 2.75) is 35.0 Å². The highest BCUT2D eigenvalue weighted by Gasteiger charge is 2.74. The molecule has 3 fully saturated rings. The van der Waals surface area contributed by atoms with Gasteiger partial charge in [0.05, 0.1) is 42.4 Å². The minimum absolute atomic E-state index is 0.0748. The van der Waals surface area contributed by atoms with Crippen LogP contribution in [-0.4, -0.2) is 117 Å². The average molecular weight is 643 g/mol. The number of hydrogen-bond acceptors (Lipinski definition) is 7. The Balaban J connectivity index is 1.29. The number of morpholine rings is 1. The summed E-state index contributed by atoms with van der Waals surface area (Å²) in [6, 6.07) is 17.7. The molecule has 6 atom stereocenters. The average Bonchev–Trinajstić information content (AvgIpc) is 3.35. The van der Waals surface area contributed by atoms with Crippen molar-refractivity contribution in [2.75, 3.05) is 59.1 Å². The topological polar surface area (TPSA) is 93.6 Å². The molecule has 1 unspecified atom stereocenters. The van der Waals surface area contributed by atoms with Crippen LogP contribution in [0.15, 0.2) is 85.0 Å². The summed E-state index contributed by atoms with van der Waals surface area (Å²) < 4.78 is 3.85. The van der Waals surface area contributed by atoms with Gasteiger partial charge in [-0.25, -0.2) is 0 Å². The Morgan fingerprint density at radius 3 is 2.24 bits per heavy atom. The van der Waals surface area contributed by atoms with Crippen LogP contribution in [-0.2, 0) is 25.7 Å². The zero-order chi connectivity index (χ0) is 31.9. The first-order chi connectivity index (χ1) is 22.4. The number of carbonyl (C=O) groups excluding carboxylic acids is 3. The Hall–Kier alpha value is -3.44. The fourth-order valence-electron chi connectivity index (χ4n) is 8.16. The molecule has 9 nitrogen and oxygen atoms in total. The molecule has 5 heterocycles. The van der Waals surface area contributed by atoms with Gasteiger partial charge in [0.25, 0.3) is 0 Å². The summed E-state index contributed by atoms with van der Waals surface area (Å²) in [6.07, 6.45) is 8.21. The van der Waals surface area contributed by atoms with Crippen molar-refractivity contribution in [3.8, 4) is 0 Å². The van der Waals surface area contributed by atoms with E-state index in [0.717, 1.165) is 24.2 Å². The third-order valence-corrected chi connectivity index (χ3v) is 12.2. The van der Waals surface area contributed by atoms with Gasteiger partial charge in [0.1, 0.15) is 6.04 Å². The SMILES string of the molecule is C[C@]12C=CCN(Cc3ccccc3)C(=O)[C@H]1[C@H]1C(=O)N([C@H](CO)c3ccccc3)C3C(=O)N(CCN4CCOCC4)CC=C[C@@]31S2. The summed E-state index contributed by atoms with van der Waals surface area (Å²) in [4.78, 5) is 52.1. The Morgan fingerprint density at radius 1 is 0.848 bits per heavy atom. The molecule has 0 radical (unpaired) electrons. The fourth-order valence-corrected chi connectivity index (χ4v) is 10.3. The van der Waals surface area contributed by atoms with E-state index in [2.05, 4.69) is 17.1 Å². The maximum atomic E-state index is 15.0. The molecule has 7 rings (SSSR count).